The van der Waals surface area contributed by atoms with E-state index in [2.05, 4.69) is 26.2 Å². The summed E-state index contributed by atoms with van der Waals surface area (Å²) in [6.45, 7) is 0. The van der Waals surface area contributed by atoms with Crippen molar-refractivity contribution in [2.24, 2.45) is 0 Å². The average molecular weight is 363 g/mol. The van der Waals surface area contributed by atoms with Gasteiger partial charge in [-0.1, -0.05) is 11.6 Å². The first kappa shape index (κ1) is 14.7. The van der Waals surface area contributed by atoms with E-state index >= 15 is 0 Å². The Morgan fingerprint density at radius 1 is 1.35 bits per heavy atom. The largest absolute Gasteiger partial charge is 0.384 e. The van der Waals surface area contributed by atoms with Gasteiger partial charge in [-0.25, -0.2) is 13.8 Å². The highest BCUT2D eigenvalue weighted by molar-refractivity contribution is 9.10. The molecule has 0 bridgehead atoms. The van der Waals surface area contributed by atoms with Crippen molar-refractivity contribution in [1.82, 2.24) is 4.98 Å². The number of carbonyl (C=O) groups is 1. The number of nitrogen functional groups attached to an aromatic ring is 1. The van der Waals surface area contributed by atoms with Gasteiger partial charge in [0.25, 0.3) is 5.91 Å². The molecule has 0 aliphatic rings. The molecule has 2 rings (SSSR count). The summed E-state index contributed by atoms with van der Waals surface area (Å²) >= 11 is 8.78. The van der Waals surface area contributed by atoms with Crippen molar-refractivity contribution < 1.29 is 13.6 Å². The van der Waals surface area contributed by atoms with Gasteiger partial charge in [-0.2, -0.15) is 0 Å². The highest BCUT2D eigenvalue weighted by Gasteiger charge is 2.16. The van der Waals surface area contributed by atoms with Crippen LogP contribution in [0.4, 0.5) is 20.3 Å². The first-order chi connectivity index (χ1) is 9.38. The van der Waals surface area contributed by atoms with Gasteiger partial charge in [-0.15, -0.1) is 0 Å². The number of rotatable bonds is 2. The van der Waals surface area contributed by atoms with Crippen molar-refractivity contribution >= 4 is 44.9 Å². The fraction of sp³-hybridized carbons (Fsp3) is 0. The summed E-state index contributed by atoms with van der Waals surface area (Å²) < 4.78 is 26.6. The fourth-order valence-corrected chi connectivity index (χ4v) is 2.17. The Balaban J connectivity index is 2.35. The summed E-state index contributed by atoms with van der Waals surface area (Å²) in [6.07, 6.45) is 1.21. The molecule has 0 unspecified atom stereocenters. The van der Waals surface area contributed by atoms with Crippen LogP contribution in [0.1, 0.15) is 10.4 Å². The van der Waals surface area contributed by atoms with Crippen molar-refractivity contribution in [2.45, 2.75) is 0 Å². The molecule has 8 heteroatoms. The number of pyridine rings is 1. The summed E-state index contributed by atoms with van der Waals surface area (Å²) in [6, 6.07) is 2.94. The molecule has 0 radical (unpaired) electrons. The third kappa shape index (κ3) is 3.05. The lowest BCUT2D eigenvalue weighted by Crippen LogP contribution is -2.15. The molecule has 0 saturated heterocycles. The normalized spacial score (nSPS) is 10.4. The standard InChI is InChI=1S/C12H7BrClF2N3O/c13-7-1-5(15)2-9(16)11(7)19-12(20)6-3-10(17)18-4-8(6)14/h1-4H,(H2,17,18)(H,19,20). The van der Waals surface area contributed by atoms with Crippen molar-refractivity contribution in [3.05, 3.63) is 51.1 Å². The predicted octanol–water partition coefficient (Wildman–Crippen LogP) is 3.61. The van der Waals surface area contributed by atoms with E-state index in [0.717, 1.165) is 6.07 Å². The van der Waals surface area contributed by atoms with Crippen LogP contribution in [0.15, 0.2) is 28.9 Å². The molecule has 0 aliphatic heterocycles. The molecule has 104 valence electrons. The lowest BCUT2D eigenvalue weighted by atomic mass is 10.2. The molecule has 20 heavy (non-hydrogen) atoms. The summed E-state index contributed by atoms with van der Waals surface area (Å²) in [5, 5.41) is 2.36. The third-order valence-electron chi connectivity index (χ3n) is 2.37. The fourth-order valence-electron chi connectivity index (χ4n) is 1.47. The molecule has 3 N–H and O–H groups in total. The van der Waals surface area contributed by atoms with E-state index < -0.39 is 17.5 Å². The topological polar surface area (TPSA) is 68.0 Å². The monoisotopic (exact) mass is 361 g/mol. The van der Waals surface area contributed by atoms with E-state index in [1.165, 1.54) is 12.3 Å². The Morgan fingerprint density at radius 3 is 2.70 bits per heavy atom. The minimum Gasteiger partial charge on any atom is -0.384 e. The second-order valence-corrected chi connectivity index (χ2v) is 5.05. The lowest BCUT2D eigenvalue weighted by Gasteiger charge is -2.10. The summed E-state index contributed by atoms with van der Waals surface area (Å²) in [5.74, 6) is -2.27. The van der Waals surface area contributed by atoms with Gasteiger partial charge in [0.05, 0.1) is 16.3 Å². The lowest BCUT2D eigenvalue weighted by molar-refractivity contribution is 0.102. The molecule has 0 fully saturated rings. The molecule has 0 aliphatic carbocycles. The van der Waals surface area contributed by atoms with Gasteiger partial charge in [0.2, 0.25) is 0 Å². The maximum atomic E-state index is 13.6. The summed E-state index contributed by atoms with van der Waals surface area (Å²) in [4.78, 5) is 15.7. The minimum atomic E-state index is -0.914. The number of hydrogen-bond acceptors (Lipinski definition) is 3. The zero-order chi connectivity index (χ0) is 14.9. The van der Waals surface area contributed by atoms with Crippen LogP contribution in [0.25, 0.3) is 0 Å². The number of aromatic nitrogens is 1. The van der Waals surface area contributed by atoms with Crippen molar-refractivity contribution in [1.29, 1.82) is 0 Å². The minimum absolute atomic E-state index is 0.0368. The Hall–Kier alpha value is -1.73. The number of nitrogens with zero attached hydrogens (tertiary/aromatic N) is 1. The third-order valence-corrected chi connectivity index (χ3v) is 3.29. The molecule has 0 atom stereocenters. The number of hydrogen-bond donors (Lipinski definition) is 2. The maximum Gasteiger partial charge on any atom is 0.257 e. The van der Waals surface area contributed by atoms with Crippen molar-refractivity contribution in [3.63, 3.8) is 0 Å². The number of carbonyl (C=O) groups excluding carboxylic acids is 1. The molecular formula is C12H7BrClF2N3O. The van der Waals surface area contributed by atoms with Crippen LogP contribution in [0.2, 0.25) is 5.02 Å². The molecule has 1 heterocycles. The van der Waals surface area contributed by atoms with Gasteiger partial charge in [-0.05, 0) is 28.1 Å². The van der Waals surface area contributed by atoms with Crippen LogP contribution in [-0.2, 0) is 0 Å². The number of halogens is 4. The van der Waals surface area contributed by atoms with Gasteiger partial charge < -0.3 is 11.1 Å². The smallest absolute Gasteiger partial charge is 0.257 e. The highest BCUT2D eigenvalue weighted by Crippen LogP contribution is 2.28. The molecule has 1 aromatic heterocycles. The number of amides is 1. The summed E-state index contributed by atoms with van der Waals surface area (Å²) in [5.41, 5.74) is 5.30. The molecule has 1 amide bonds. The quantitative estimate of drug-likeness (QED) is 0.857. The molecule has 1 aromatic carbocycles. The average Bonchev–Trinajstić information content (AvgIpc) is 2.36. The summed E-state index contributed by atoms with van der Waals surface area (Å²) in [7, 11) is 0. The second kappa shape index (κ2) is 5.72. The van der Waals surface area contributed by atoms with Gasteiger partial charge in [-0.3, -0.25) is 4.79 Å². The molecule has 0 saturated carbocycles. The predicted molar refractivity (Wildman–Crippen MR) is 75.7 cm³/mol. The van der Waals surface area contributed by atoms with Crippen LogP contribution in [0.5, 0.6) is 0 Å². The second-order valence-electron chi connectivity index (χ2n) is 3.79. The number of benzene rings is 1. The van der Waals surface area contributed by atoms with Crippen LogP contribution in [0, 0.1) is 11.6 Å². The Labute approximate surface area is 126 Å². The number of nitrogens with one attached hydrogen (secondary N) is 1. The van der Waals surface area contributed by atoms with E-state index in [-0.39, 0.29) is 26.6 Å². The Bertz CT molecular complexity index is 673. The van der Waals surface area contributed by atoms with E-state index in [0.29, 0.717) is 6.07 Å². The maximum absolute atomic E-state index is 13.6. The Morgan fingerprint density at radius 2 is 2.05 bits per heavy atom. The van der Waals surface area contributed by atoms with Gasteiger partial charge in [0, 0.05) is 16.7 Å². The van der Waals surface area contributed by atoms with Crippen LogP contribution in [0.3, 0.4) is 0 Å². The first-order valence-electron chi connectivity index (χ1n) is 5.25. The molecule has 2 aromatic rings. The van der Waals surface area contributed by atoms with Crippen molar-refractivity contribution in [3.8, 4) is 0 Å². The van der Waals surface area contributed by atoms with E-state index in [1.807, 2.05) is 0 Å². The molecule has 4 nitrogen and oxygen atoms in total. The van der Waals surface area contributed by atoms with Gasteiger partial charge in [0.15, 0.2) is 5.82 Å². The van der Waals surface area contributed by atoms with E-state index in [9.17, 15) is 13.6 Å². The molecular weight excluding hydrogens is 356 g/mol. The van der Waals surface area contributed by atoms with Crippen LogP contribution < -0.4 is 11.1 Å². The van der Waals surface area contributed by atoms with Crippen molar-refractivity contribution in [2.75, 3.05) is 11.1 Å². The number of anilines is 2. The van der Waals surface area contributed by atoms with Crippen LogP contribution >= 0.6 is 27.5 Å². The Kier molecular flexibility index (Phi) is 4.20. The molecule has 0 spiro atoms. The zero-order valence-corrected chi connectivity index (χ0v) is 12.1. The first-order valence-corrected chi connectivity index (χ1v) is 6.42. The zero-order valence-electron chi connectivity index (χ0n) is 9.75. The van der Waals surface area contributed by atoms with Gasteiger partial charge >= 0.3 is 0 Å². The highest BCUT2D eigenvalue weighted by atomic mass is 79.9. The SMILES string of the molecule is Nc1cc(C(=O)Nc2c(F)cc(F)cc2Br)c(Cl)cn1. The number of nitrogens with two attached hydrogens (primary N) is 1. The van der Waals surface area contributed by atoms with Gasteiger partial charge in [0.1, 0.15) is 11.6 Å². The van der Waals surface area contributed by atoms with E-state index in [4.69, 9.17) is 17.3 Å². The van der Waals surface area contributed by atoms with Crippen LogP contribution in [-0.4, -0.2) is 10.9 Å². The van der Waals surface area contributed by atoms with E-state index in [1.54, 1.807) is 0 Å².